The summed E-state index contributed by atoms with van der Waals surface area (Å²) in [6.07, 6.45) is 0. The second-order valence-electron chi connectivity index (χ2n) is 5.86. The fourth-order valence-corrected chi connectivity index (χ4v) is 3.81. The van der Waals surface area contributed by atoms with Crippen LogP contribution in [-0.2, 0) is 11.3 Å². The molecule has 3 nitrogen and oxygen atoms in total. The Balaban J connectivity index is 1.59. The first-order chi connectivity index (χ1) is 8.92. The lowest BCUT2D eigenvalue weighted by atomic mass is 9.98. The van der Waals surface area contributed by atoms with Crippen LogP contribution in [0.3, 0.4) is 0 Å². The summed E-state index contributed by atoms with van der Waals surface area (Å²) < 4.78 is 5.79. The van der Waals surface area contributed by atoms with Crippen LogP contribution in [0.5, 0.6) is 0 Å². The maximum absolute atomic E-state index is 5.79. The third-order valence-corrected chi connectivity index (χ3v) is 4.81. The van der Waals surface area contributed by atoms with Crippen molar-refractivity contribution in [3.63, 3.8) is 0 Å². The van der Waals surface area contributed by atoms with Crippen LogP contribution in [0.25, 0.3) is 0 Å². The maximum Gasteiger partial charge on any atom is 0.0721 e. The number of hydrogen-bond donors (Lipinski definition) is 1. The Morgan fingerprint density at radius 1 is 1.11 bits per heavy atom. The van der Waals surface area contributed by atoms with Gasteiger partial charge in [0.25, 0.3) is 0 Å². The standard InChI is InChI=1S/C15H20N2O/c1-2-4-14-11(3-1)9-18-10-15(14)17-7-12-5-16-6-13(12)8-17/h1-4,12-13,15-16H,5-10H2. The number of likely N-dealkylation sites (tertiary alicyclic amines) is 1. The molecular weight excluding hydrogens is 224 g/mol. The van der Waals surface area contributed by atoms with E-state index in [1.807, 2.05) is 0 Å². The zero-order valence-electron chi connectivity index (χ0n) is 10.6. The Kier molecular flexibility index (Phi) is 2.64. The number of rotatable bonds is 1. The van der Waals surface area contributed by atoms with Gasteiger partial charge in [-0.05, 0) is 36.1 Å². The third kappa shape index (κ3) is 1.69. The molecule has 1 aromatic rings. The van der Waals surface area contributed by atoms with E-state index in [0.717, 1.165) is 25.0 Å². The molecule has 2 fully saturated rings. The fourth-order valence-electron chi connectivity index (χ4n) is 3.81. The van der Waals surface area contributed by atoms with Gasteiger partial charge in [-0.15, -0.1) is 0 Å². The largest absolute Gasteiger partial charge is 0.375 e. The highest BCUT2D eigenvalue weighted by atomic mass is 16.5. The highest BCUT2D eigenvalue weighted by Crippen LogP contribution is 2.36. The maximum atomic E-state index is 5.79. The van der Waals surface area contributed by atoms with E-state index in [9.17, 15) is 0 Å². The van der Waals surface area contributed by atoms with Crippen LogP contribution in [-0.4, -0.2) is 37.7 Å². The molecule has 1 aromatic carbocycles. The second kappa shape index (κ2) is 4.34. The molecule has 0 aromatic heterocycles. The van der Waals surface area contributed by atoms with Crippen molar-refractivity contribution in [3.05, 3.63) is 35.4 Å². The number of ether oxygens (including phenoxy) is 1. The molecule has 96 valence electrons. The van der Waals surface area contributed by atoms with E-state index < -0.39 is 0 Å². The molecule has 3 heterocycles. The lowest BCUT2D eigenvalue weighted by Crippen LogP contribution is -2.35. The molecule has 0 radical (unpaired) electrons. The lowest BCUT2D eigenvalue weighted by Gasteiger charge is -2.33. The monoisotopic (exact) mass is 244 g/mol. The zero-order chi connectivity index (χ0) is 11.9. The number of hydrogen-bond acceptors (Lipinski definition) is 3. The number of fused-ring (bicyclic) bond motifs is 2. The second-order valence-corrected chi connectivity index (χ2v) is 5.86. The molecule has 0 spiro atoms. The fraction of sp³-hybridized carbons (Fsp3) is 0.600. The number of benzene rings is 1. The minimum absolute atomic E-state index is 0.487. The Bertz CT molecular complexity index is 436. The number of nitrogens with zero attached hydrogens (tertiary/aromatic N) is 1. The SMILES string of the molecule is c1ccc2c(c1)COCC2N1CC2CNCC2C1. The van der Waals surface area contributed by atoms with Crippen molar-refractivity contribution in [3.8, 4) is 0 Å². The van der Waals surface area contributed by atoms with Crippen LogP contribution in [0.2, 0.25) is 0 Å². The van der Waals surface area contributed by atoms with Crippen molar-refractivity contribution in [2.45, 2.75) is 12.6 Å². The molecule has 0 saturated carbocycles. The van der Waals surface area contributed by atoms with Crippen LogP contribution in [0.1, 0.15) is 17.2 Å². The summed E-state index contributed by atoms with van der Waals surface area (Å²) in [7, 11) is 0. The molecule has 0 amide bonds. The highest BCUT2D eigenvalue weighted by molar-refractivity contribution is 5.31. The van der Waals surface area contributed by atoms with Gasteiger partial charge in [0.1, 0.15) is 0 Å². The van der Waals surface area contributed by atoms with E-state index in [4.69, 9.17) is 4.74 Å². The smallest absolute Gasteiger partial charge is 0.0721 e. The van der Waals surface area contributed by atoms with Gasteiger partial charge >= 0.3 is 0 Å². The molecule has 4 rings (SSSR count). The van der Waals surface area contributed by atoms with Gasteiger partial charge in [-0.25, -0.2) is 0 Å². The summed E-state index contributed by atoms with van der Waals surface area (Å²) in [5, 5.41) is 3.51. The van der Waals surface area contributed by atoms with E-state index in [0.29, 0.717) is 6.04 Å². The van der Waals surface area contributed by atoms with Gasteiger partial charge in [-0.1, -0.05) is 24.3 Å². The van der Waals surface area contributed by atoms with Crippen molar-refractivity contribution in [1.29, 1.82) is 0 Å². The zero-order valence-corrected chi connectivity index (χ0v) is 10.6. The summed E-state index contributed by atoms with van der Waals surface area (Å²) in [5.41, 5.74) is 2.88. The molecule has 0 aliphatic carbocycles. The topological polar surface area (TPSA) is 24.5 Å². The first-order valence-electron chi connectivity index (χ1n) is 7.02. The molecule has 3 aliphatic heterocycles. The Hall–Kier alpha value is -0.900. The van der Waals surface area contributed by atoms with Crippen molar-refractivity contribution < 1.29 is 4.74 Å². The number of nitrogens with one attached hydrogen (secondary N) is 1. The molecular formula is C15H20N2O. The molecule has 1 N–H and O–H groups in total. The van der Waals surface area contributed by atoms with Crippen molar-refractivity contribution >= 4 is 0 Å². The summed E-state index contributed by atoms with van der Waals surface area (Å²) in [6, 6.07) is 9.26. The van der Waals surface area contributed by atoms with Gasteiger partial charge in [0.2, 0.25) is 0 Å². The van der Waals surface area contributed by atoms with Crippen LogP contribution < -0.4 is 5.32 Å². The van der Waals surface area contributed by atoms with Crippen LogP contribution in [0.4, 0.5) is 0 Å². The van der Waals surface area contributed by atoms with Gasteiger partial charge in [-0.2, -0.15) is 0 Å². The van der Waals surface area contributed by atoms with Crippen LogP contribution in [0.15, 0.2) is 24.3 Å². The average Bonchev–Trinajstić information content (AvgIpc) is 2.99. The van der Waals surface area contributed by atoms with Gasteiger partial charge < -0.3 is 10.1 Å². The van der Waals surface area contributed by atoms with Crippen LogP contribution in [0, 0.1) is 11.8 Å². The lowest BCUT2D eigenvalue weighted by molar-refractivity contribution is 0.0386. The van der Waals surface area contributed by atoms with Crippen molar-refractivity contribution in [1.82, 2.24) is 10.2 Å². The molecule has 0 bridgehead atoms. The van der Waals surface area contributed by atoms with Gasteiger partial charge in [0.05, 0.1) is 19.3 Å². The predicted octanol–water partition coefficient (Wildman–Crippen LogP) is 1.41. The summed E-state index contributed by atoms with van der Waals surface area (Å²) >= 11 is 0. The van der Waals surface area contributed by atoms with Gasteiger partial charge in [-0.3, -0.25) is 4.90 Å². The van der Waals surface area contributed by atoms with Gasteiger partial charge in [0, 0.05) is 13.1 Å². The van der Waals surface area contributed by atoms with Crippen LogP contribution >= 0.6 is 0 Å². The minimum Gasteiger partial charge on any atom is -0.375 e. The Labute approximate surface area is 108 Å². The summed E-state index contributed by atoms with van der Waals surface area (Å²) in [4.78, 5) is 2.65. The Morgan fingerprint density at radius 3 is 2.72 bits per heavy atom. The van der Waals surface area contributed by atoms with E-state index in [1.54, 1.807) is 0 Å². The average molecular weight is 244 g/mol. The molecule has 2 saturated heterocycles. The summed E-state index contributed by atoms with van der Waals surface area (Å²) in [5.74, 6) is 1.72. The normalized spacial score (nSPS) is 35.4. The highest BCUT2D eigenvalue weighted by Gasteiger charge is 2.40. The quantitative estimate of drug-likeness (QED) is 0.808. The van der Waals surface area contributed by atoms with Crippen molar-refractivity contribution in [2.24, 2.45) is 11.8 Å². The van der Waals surface area contributed by atoms with E-state index in [2.05, 4.69) is 34.5 Å². The molecule has 3 atom stereocenters. The van der Waals surface area contributed by atoms with E-state index in [-0.39, 0.29) is 0 Å². The first kappa shape index (κ1) is 11.0. The molecule has 3 aliphatic rings. The van der Waals surface area contributed by atoms with E-state index >= 15 is 0 Å². The van der Waals surface area contributed by atoms with Gasteiger partial charge in [0.15, 0.2) is 0 Å². The molecule has 3 unspecified atom stereocenters. The Morgan fingerprint density at radius 2 is 1.89 bits per heavy atom. The predicted molar refractivity (Wildman–Crippen MR) is 70.3 cm³/mol. The third-order valence-electron chi connectivity index (χ3n) is 4.81. The van der Waals surface area contributed by atoms with Crippen molar-refractivity contribution in [2.75, 3.05) is 32.8 Å². The minimum atomic E-state index is 0.487. The summed E-state index contributed by atoms with van der Waals surface area (Å²) in [6.45, 7) is 6.53. The first-order valence-corrected chi connectivity index (χ1v) is 7.02. The van der Waals surface area contributed by atoms with E-state index in [1.165, 1.54) is 37.3 Å². The molecule has 18 heavy (non-hydrogen) atoms. The molecule has 3 heteroatoms.